The highest BCUT2D eigenvalue weighted by molar-refractivity contribution is 7.99. The Bertz CT molecular complexity index is 441. The van der Waals surface area contributed by atoms with Gasteiger partial charge in [-0.05, 0) is 43.0 Å². The van der Waals surface area contributed by atoms with E-state index in [1.807, 2.05) is 0 Å². The molecule has 0 saturated heterocycles. The van der Waals surface area contributed by atoms with Gasteiger partial charge in [0.1, 0.15) is 0 Å². The lowest BCUT2D eigenvalue weighted by Crippen LogP contribution is -2.25. The van der Waals surface area contributed by atoms with E-state index in [9.17, 15) is 4.79 Å². The molecule has 1 saturated carbocycles. The van der Waals surface area contributed by atoms with E-state index in [4.69, 9.17) is 0 Å². The van der Waals surface area contributed by atoms with Crippen LogP contribution in [0.1, 0.15) is 38.7 Å². The Kier molecular flexibility index (Phi) is 6.58. The van der Waals surface area contributed by atoms with E-state index in [2.05, 4.69) is 48.7 Å². The lowest BCUT2D eigenvalue weighted by molar-refractivity contribution is -0.120. The summed E-state index contributed by atoms with van der Waals surface area (Å²) in [4.78, 5) is 12.8. The summed E-state index contributed by atoms with van der Waals surface area (Å²) < 4.78 is 0. The maximum Gasteiger partial charge on any atom is 0.221 e. The van der Waals surface area contributed by atoms with Gasteiger partial charge in [-0.25, -0.2) is 0 Å². The van der Waals surface area contributed by atoms with Crippen LogP contribution in [-0.2, 0) is 11.3 Å². The monoisotopic (exact) mass is 306 g/mol. The topological polar surface area (TPSA) is 41.1 Å². The van der Waals surface area contributed by atoms with Gasteiger partial charge in [-0.2, -0.15) is 0 Å². The van der Waals surface area contributed by atoms with Gasteiger partial charge in [0, 0.05) is 29.7 Å². The summed E-state index contributed by atoms with van der Waals surface area (Å²) >= 11 is 1.75. The van der Waals surface area contributed by atoms with Gasteiger partial charge in [-0.15, -0.1) is 11.8 Å². The molecule has 21 heavy (non-hydrogen) atoms. The summed E-state index contributed by atoms with van der Waals surface area (Å²) in [5, 5.41) is 6.46. The Morgan fingerprint density at radius 1 is 1.29 bits per heavy atom. The number of benzene rings is 1. The standard InChI is InChI=1S/C17H26N2OS/c1-13(2)11-18-12-14-3-7-16(8-4-14)21-10-9-17(20)19-15-5-6-15/h3-4,7-8,13,15,18H,5-6,9-12H2,1-2H3,(H,19,20). The van der Waals surface area contributed by atoms with Crippen LogP contribution in [0, 0.1) is 5.92 Å². The molecule has 0 unspecified atom stereocenters. The van der Waals surface area contributed by atoms with Crippen LogP contribution in [0.15, 0.2) is 29.2 Å². The fraction of sp³-hybridized carbons (Fsp3) is 0.588. The van der Waals surface area contributed by atoms with Crippen LogP contribution in [0.2, 0.25) is 0 Å². The first-order valence-electron chi connectivity index (χ1n) is 7.85. The van der Waals surface area contributed by atoms with E-state index >= 15 is 0 Å². The lowest BCUT2D eigenvalue weighted by Gasteiger charge is -2.08. The number of carbonyl (C=O) groups is 1. The van der Waals surface area contributed by atoms with Crippen LogP contribution in [0.5, 0.6) is 0 Å². The first-order valence-corrected chi connectivity index (χ1v) is 8.84. The minimum absolute atomic E-state index is 0.194. The van der Waals surface area contributed by atoms with Crippen LogP contribution in [0.3, 0.4) is 0 Å². The van der Waals surface area contributed by atoms with Crippen LogP contribution >= 0.6 is 11.8 Å². The third-order valence-electron chi connectivity index (χ3n) is 3.35. The molecule has 0 aliphatic heterocycles. The van der Waals surface area contributed by atoms with E-state index in [1.165, 1.54) is 10.5 Å². The molecular formula is C17H26N2OS. The first-order chi connectivity index (χ1) is 10.1. The molecule has 1 amide bonds. The predicted molar refractivity (Wildman–Crippen MR) is 89.5 cm³/mol. The van der Waals surface area contributed by atoms with Crippen molar-refractivity contribution in [2.24, 2.45) is 5.92 Å². The van der Waals surface area contributed by atoms with Gasteiger partial charge in [0.15, 0.2) is 0 Å². The zero-order chi connectivity index (χ0) is 15.1. The molecular weight excluding hydrogens is 280 g/mol. The molecule has 116 valence electrons. The van der Waals surface area contributed by atoms with Crippen molar-refractivity contribution in [2.75, 3.05) is 12.3 Å². The highest BCUT2D eigenvalue weighted by Crippen LogP contribution is 2.21. The molecule has 0 atom stereocenters. The van der Waals surface area contributed by atoms with E-state index in [0.29, 0.717) is 18.4 Å². The maximum atomic E-state index is 11.6. The Labute approximate surface area is 132 Å². The Balaban J connectivity index is 1.63. The zero-order valence-electron chi connectivity index (χ0n) is 13.0. The molecule has 2 rings (SSSR count). The number of rotatable bonds is 9. The molecule has 1 aromatic carbocycles. The number of hydrogen-bond acceptors (Lipinski definition) is 3. The summed E-state index contributed by atoms with van der Waals surface area (Å²) in [6, 6.07) is 9.10. The summed E-state index contributed by atoms with van der Waals surface area (Å²) in [6.07, 6.45) is 2.93. The Morgan fingerprint density at radius 2 is 2.00 bits per heavy atom. The van der Waals surface area contributed by atoms with Crippen molar-refractivity contribution in [3.63, 3.8) is 0 Å². The van der Waals surface area contributed by atoms with E-state index in [0.717, 1.165) is 31.7 Å². The van der Waals surface area contributed by atoms with Gasteiger partial charge in [-0.3, -0.25) is 4.79 Å². The van der Waals surface area contributed by atoms with Crippen molar-refractivity contribution in [3.8, 4) is 0 Å². The normalized spacial score (nSPS) is 14.4. The van der Waals surface area contributed by atoms with Gasteiger partial charge in [0.05, 0.1) is 0 Å². The fourth-order valence-corrected chi connectivity index (χ4v) is 2.85. The zero-order valence-corrected chi connectivity index (χ0v) is 13.8. The molecule has 0 radical (unpaired) electrons. The quantitative estimate of drug-likeness (QED) is 0.688. The number of hydrogen-bond donors (Lipinski definition) is 2. The third kappa shape index (κ3) is 7.00. The van der Waals surface area contributed by atoms with Crippen LogP contribution in [0.4, 0.5) is 0 Å². The average molecular weight is 306 g/mol. The van der Waals surface area contributed by atoms with Gasteiger partial charge >= 0.3 is 0 Å². The van der Waals surface area contributed by atoms with E-state index < -0.39 is 0 Å². The lowest BCUT2D eigenvalue weighted by atomic mass is 10.2. The highest BCUT2D eigenvalue weighted by Gasteiger charge is 2.22. The first kappa shape index (κ1) is 16.4. The van der Waals surface area contributed by atoms with Crippen molar-refractivity contribution in [2.45, 2.75) is 50.6 Å². The smallest absolute Gasteiger partial charge is 0.221 e. The Morgan fingerprint density at radius 3 is 2.62 bits per heavy atom. The third-order valence-corrected chi connectivity index (χ3v) is 4.36. The summed E-state index contributed by atoms with van der Waals surface area (Å²) in [5.74, 6) is 1.73. The second-order valence-corrected chi connectivity index (χ2v) is 7.28. The van der Waals surface area contributed by atoms with Gasteiger partial charge < -0.3 is 10.6 Å². The Hall–Kier alpha value is -1.00. The second-order valence-electron chi connectivity index (χ2n) is 6.11. The van der Waals surface area contributed by atoms with Crippen LogP contribution in [0.25, 0.3) is 0 Å². The molecule has 1 fully saturated rings. The molecule has 4 heteroatoms. The average Bonchev–Trinajstić information content (AvgIpc) is 3.24. The van der Waals surface area contributed by atoms with Crippen molar-refractivity contribution in [1.29, 1.82) is 0 Å². The number of nitrogens with one attached hydrogen (secondary N) is 2. The number of amides is 1. The molecule has 1 aliphatic carbocycles. The van der Waals surface area contributed by atoms with Crippen molar-refractivity contribution >= 4 is 17.7 Å². The second kappa shape index (κ2) is 8.44. The summed E-state index contributed by atoms with van der Waals surface area (Å²) in [6.45, 7) is 6.40. The van der Waals surface area contributed by atoms with Crippen LogP contribution < -0.4 is 10.6 Å². The molecule has 1 aromatic rings. The number of thioether (sulfide) groups is 1. The van der Waals surface area contributed by atoms with Crippen molar-refractivity contribution in [3.05, 3.63) is 29.8 Å². The largest absolute Gasteiger partial charge is 0.353 e. The molecule has 0 heterocycles. The molecule has 3 nitrogen and oxygen atoms in total. The predicted octanol–water partition coefficient (Wildman–Crippen LogP) is 3.19. The minimum Gasteiger partial charge on any atom is -0.353 e. The van der Waals surface area contributed by atoms with Crippen LogP contribution in [-0.4, -0.2) is 24.2 Å². The molecule has 2 N–H and O–H groups in total. The van der Waals surface area contributed by atoms with Gasteiger partial charge in [-0.1, -0.05) is 26.0 Å². The summed E-state index contributed by atoms with van der Waals surface area (Å²) in [7, 11) is 0. The fourth-order valence-electron chi connectivity index (χ4n) is 2.00. The minimum atomic E-state index is 0.194. The van der Waals surface area contributed by atoms with Gasteiger partial charge in [0.25, 0.3) is 0 Å². The van der Waals surface area contributed by atoms with Crippen molar-refractivity contribution in [1.82, 2.24) is 10.6 Å². The van der Waals surface area contributed by atoms with E-state index in [1.54, 1.807) is 11.8 Å². The SMILES string of the molecule is CC(C)CNCc1ccc(SCCC(=O)NC2CC2)cc1. The summed E-state index contributed by atoms with van der Waals surface area (Å²) in [5.41, 5.74) is 1.31. The maximum absolute atomic E-state index is 11.6. The molecule has 0 spiro atoms. The highest BCUT2D eigenvalue weighted by atomic mass is 32.2. The number of carbonyl (C=O) groups excluding carboxylic acids is 1. The molecule has 0 aromatic heterocycles. The van der Waals surface area contributed by atoms with Crippen molar-refractivity contribution < 1.29 is 4.79 Å². The van der Waals surface area contributed by atoms with E-state index in [-0.39, 0.29) is 5.91 Å². The molecule has 0 bridgehead atoms. The molecule has 1 aliphatic rings. The van der Waals surface area contributed by atoms with Gasteiger partial charge in [0.2, 0.25) is 5.91 Å².